The maximum absolute atomic E-state index is 11.8. The molecule has 0 spiro atoms. The summed E-state index contributed by atoms with van der Waals surface area (Å²) in [5.74, 6) is 1.38. The van der Waals surface area contributed by atoms with Crippen LogP contribution in [-0.2, 0) is 11.3 Å². The quantitative estimate of drug-likeness (QED) is 0.753. The fourth-order valence-corrected chi connectivity index (χ4v) is 2.21. The third-order valence-electron chi connectivity index (χ3n) is 3.22. The van der Waals surface area contributed by atoms with Crippen molar-refractivity contribution in [1.29, 1.82) is 0 Å². The molecule has 0 saturated heterocycles. The summed E-state index contributed by atoms with van der Waals surface area (Å²) in [6.45, 7) is 0.566. The van der Waals surface area contributed by atoms with E-state index in [9.17, 15) is 4.79 Å². The Morgan fingerprint density at radius 2 is 2.00 bits per heavy atom. The fourth-order valence-electron chi connectivity index (χ4n) is 2.06. The predicted octanol–water partition coefficient (Wildman–Crippen LogP) is 2.43. The van der Waals surface area contributed by atoms with Gasteiger partial charge >= 0.3 is 0 Å². The van der Waals surface area contributed by atoms with Crippen molar-refractivity contribution in [3.63, 3.8) is 0 Å². The highest BCUT2D eigenvalue weighted by Gasteiger charge is 2.32. The van der Waals surface area contributed by atoms with Crippen molar-refractivity contribution in [2.75, 3.05) is 20.1 Å². The minimum atomic E-state index is -0.0149. The Kier molecular flexibility index (Phi) is 4.53. The van der Waals surface area contributed by atoms with Crippen molar-refractivity contribution in [2.45, 2.75) is 25.4 Å². The third kappa shape index (κ3) is 3.32. The number of nitrogens with zero attached hydrogens (tertiary/aromatic N) is 1. The van der Waals surface area contributed by atoms with Crippen LogP contribution < -0.4 is 9.47 Å². The van der Waals surface area contributed by atoms with E-state index in [1.165, 1.54) is 0 Å². The van der Waals surface area contributed by atoms with Crippen LogP contribution in [0.15, 0.2) is 18.2 Å². The molecule has 1 aliphatic carbocycles. The molecule has 1 fully saturated rings. The van der Waals surface area contributed by atoms with Crippen molar-refractivity contribution >= 4 is 17.5 Å². The van der Waals surface area contributed by atoms with E-state index in [1.54, 1.807) is 14.2 Å². The lowest BCUT2D eigenvalue weighted by atomic mass is 10.2. The van der Waals surface area contributed by atoms with Gasteiger partial charge in [-0.3, -0.25) is 4.79 Å². The van der Waals surface area contributed by atoms with Crippen LogP contribution in [0.1, 0.15) is 18.4 Å². The summed E-state index contributed by atoms with van der Waals surface area (Å²) in [7, 11) is 3.20. The van der Waals surface area contributed by atoms with Gasteiger partial charge in [0.15, 0.2) is 11.5 Å². The second kappa shape index (κ2) is 6.15. The zero-order valence-electron chi connectivity index (χ0n) is 11.2. The summed E-state index contributed by atoms with van der Waals surface area (Å²) in [6.07, 6.45) is 2.13. The number of alkyl halides is 1. The normalized spacial score (nSPS) is 14.1. The van der Waals surface area contributed by atoms with Crippen LogP contribution >= 0.6 is 11.6 Å². The molecule has 4 nitrogen and oxygen atoms in total. The van der Waals surface area contributed by atoms with E-state index >= 15 is 0 Å². The van der Waals surface area contributed by atoms with E-state index in [1.807, 2.05) is 23.1 Å². The van der Waals surface area contributed by atoms with Gasteiger partial charge in [-0.25, -0.2) is 0 Å². The number of amides is 1. The summed E-state index contributed by atoms with van der Waals surface area (Å²) < 4.78 is 10.5. The van der Waals surface area contributed by atoms with Crippen molar-refractivity contribution in [1.82, 2.24) is 4.90 Å². The van der Waals surface area contributed by atoms with Gasteiger partial charge in [0.25, 0.3) is 0 Å². The highest BCUT2D eigenvalue weighted by Crippen LogP contribution is 2.31. The molecule has 0 bridgehead atoms. The van der Waals surface area contributed by atoms with Crippen molar-refractivity contribution in [2.24, 2.45) is 0 Å². The van der Waals surface area contributed by atoms with E-state index in [0.717, 1.165) is 18.4 Å². The van der Waals surface area contributed by atoms with Crippen molar-refractivity contribution < 1.29 is 14.3 Å². The maximum Gasteiger partial charge on any atom is 0.238 e. The Morgan fingerprint density at radius 3 is 2.53 bits per heavy atom. The smallest absolute Gasteiger partial charge is 0.238 e. The molecule has 0 aliphatic heterocycles. The predicted molar refractivity (Wildman–Crippen MR) is 73.8 cm³/mol. The first kappa shape index (κ1) is 14.0. The number of carbonyl (C=O) groups excluding carboxylic acids is 1. The molecule has 104 valence electrons. The van der Waals surface area contributed by atoms with Crippen LogP contribution in [0.25, 0.3) is 0 Å². The van der Waals surface area contributed by atoms with E-state index in [0.29, 0.717) is 24.1 Å². The summed E-state index contributed by atoms with van der Waals surface area (Å²) >= 11 is 5.66. The number of benzene rings is 1. The number of hydrogen-bond donors (Lipinski definition) is 0. The minimum Gasteiger partial charge on any atom is -0.493 e. The van der Waals surface area contributed by atoms with Gasteiger partial charge in [-0.05, 0) is 30.5 Å². The number of rotatable bonds is 6. The van der Waals surface area contributed by atoms with Crippen LogP contribution in [-0.4, -0.2) is 36.9 Å². The molecule has 1 aliphatic rings. The Labute approximate surface area is 118 Å². The van der Waals surface area contributed by atoms with E-state index in [-0.39, 0.29) is 11.8 Å². The average molecular weight is 284 g/mol. The largest absolute Gasteiger partial charge is 0.493 e. The van der Waals surface area contributed by atoms with Gasteiger partial charge in [-0.1, -0.05) is 6.07 Å². The van der Waals surface area contributed by atoms with Crippen LogP contribution in [0, 0.1) is 0 Å². The first-order valence-corrected chi connectivity index (χ1v) is 6.79. The Morgan fingerprint density at radius 1 is 1.32 bits per heavy atom. The lowest BCUT2D eigenvalue weighted by molar-refractivity contribution is -0.129. The molecule has 0 atom stereocenters. The molecule has 0 radical (unpaired) electrons. The van der Waals surface area contributed by atoms with E-state index in [4.69, 9.17) is 21.1 Å². The molecular formula is C14H18ClNO3. The highest BCUT2D eigenvalue weighted by atomic mass is 35.5. The second-order valence-electron chi connectivity index (χ2n) is 4.58. The Hall–Kier alpha value is -1.42. The van der Waals surface area contributed by atoms with E-state index in [2.05, 4.69) is 0 Å². The molecule has 1 aromatic rings. The number of carbonyl (C=O) groups is 1. The van der Waals surface area contributed by atoms with Crippen molar-refractivity contribution in [3.05, 3.63) is 23.8 Å². The summed E-state index contributed by atoms with van der Waals surface area (Å²) in [6, 6.07) is 6.04. The molecule has 0 N–H and O–H groups in total. The molecule has 0 unspecified atom stereocenters. The zero-order valence-corrected chi connectivity index (χ0v) is 11.9. The van der Waals surface area contributed by atoms with Crippen molar-refractivity contribution in [3.8, 4) is 11.5 Å². The standard InChI is InChI=1S/C14H18ClNO3/c1-18-12-6-3-10(7-13(12)19-2)9-16(11-4-5-11)14(17)8-15/h3,6-7,11H,4-5,8-9H2,1-2H3. The number of hydrogen-bond acceptors (Lipinski definition) is 3. The van der Waals surface area contributed by atoms with Gasteiger partial charge in [0.2, 0.25) is 5.91 Å². The van der Waals surface area contributed by atoms with Crippen LogP contribution in [0.3, 0.4) is 0 Å². The molecule has 1 aromatic carbocycles. The molecule has 1 amide bonds. The topological polar surface area (TPSA) is 38.8 Å². The minimum absolute atomic E-state index is 0.0149. The van der Waals surface area contributed by atoms with Gasteiger partial charge in [0.05, 0.1) is 14.2 Å². The van der Waals surface area contributed by atoms with Gasteiger partial charge in [0.1, 0.15) is 5.88 Å². The molecule has 0 aromatic heterocycles. The van der Waals surface area contributed by atoms with Crippen LogP contribution in [0.2, 0.25) is 0 Å². The summed E-state index contributed by atoms with van der Waals surface area (Å²) in [5, 5.41) is 0. The first-order valence-electron chi connectivity index (χ1n) is 6.26. The maximum atomic E-state index is 11.8. The fraction of sp³-hybridized carbons (Fsp3) is 0.500. The molecule has 1 saturated carbocycles. The Bertz CT molecular complexity index is 460. The second-order valence-corrected chi connectivity index (χ2v) is 4.84. The SMILES string of the molecule is COc1ccc(CN(C(=O)CCl)C2CC2)cc1OC. The lowest BCUT2D eigenvalue weighted by Crippen LogP contribution is -2.33. The number of halogens is 1. The highest BCUT2D eigenvalue weighted by molar-refractivity contribution is 6.27. The van der Waals surface area contributed by atoms with Gasteiger partial charge in [-0.2, -0.15) is 0 Å². The molecule has 19 heavy (non-hydrogen) atoms. The van der Waals surface area contributed by atoms with Gasteiger partial charge in [-0.15, -0.1) is 11.6 Å². The molecule has 2 rings (SSSR count). The monoisotopic (exact) mass is 283 g/mol. The van der Waals surface area contributed by atoms with Crippen LogP contribution in [0.4, 0.5) is 0 Å². The molecular weight excluding hydrogens is 266 g/mol. The Balaban J connectivity index is 2.14. The third-order valence-corrected chi connectivity index (χ3v) is 3.45. The van der Waals surface area contributed by atoms with Crippen LogP contribution in [0.5, 0.6) is 11.5 Å². The zero-order chi connectivity index (χ0) is 13.8. The van der Waals surface area contributed by atoms with E-state index < -0.39 is 0 Å². The number of ether oxygens (including phenoxy) is 2. The first-order chi connectivity index (χ1) is 9.19. The summed E-state index contributed by atoms with van der Waals surface area (Å²) in [4.78, 5) is 13.7. The average Bonchev–Trinajstić information content (AvgIpc) is 3.28. The van der Waals surface area contributed by atoms with Gasteiger partial charge < -0.3 is 14.4 Å². The lowest BCUT2D eigenvalue weighted by Gasteiger charge is -2.22. The van der Waals surface area contributed by atoms with Gasteiger partial charge in [0, 0.05) is 12.6 Å². The summed E-state index contributed by atoms with van der Waals surface area (Å²) in [5.41, 5.74) is 1.02. The molecule has 5 heteroatoms. The number of methoxy groups -OCH3 is 2. The molecule has 0 heterocycles.